The van der Waals surface area contributed by atoms with E-state index in [1.165, 1.54) is 30.1 Å². The van der Waals surface area contributed by atoms with Crippen molar-refractivity contribution in [2.75, 3.05) is 40.1 Å². The fraction of sp³-hybridized carbons (Fsp3) is 0.471. The number of aromatic nitrogens is 2. The van der Waals surface area contributed by atoms with Crippen LogP contribution >= 0.6 is 0 Å². The first-order chi connectivity index (χ1) is 13.8. The first-order valence-electron chi connectivity index (χ1n) is 8.71. The van der Waals surface area contributed by atoms with Crippen molar-refractivity contribution < 1.29 is 31.7 Å². The van der Waals surface area contributed by atoms with Crippen LogP contribution in [0.4, 0.5) is 5.69 Å². The van der Waals surface area contributed by atoms with E-state index in [2.05, 4.69) is 5.10 Å². The van der Waals surface area contributed by atoms with Gasteiger partial charge in [-0.05, 0) is 19.1 Å². The summed E-state index contributed by atoms with van der Waals surface area (Å²) in [6.07, 6.45) is 1.27. The first-order valence-corrected chi connectivity index (χ1v) is 10.1. The number of hydrogen-bond donors (Lipinski definition) is 0. The molecule has 1 heterocycles. The lowest BCUT2D eigenvalue weighted by atomic mass is 10.2. The number of nitrogens with zero attached hydrogens (tertiary/aromatic N) is 3. The molecule has 1 aromatic carbocycles. The van der Waals surface area contributed by atoms with Crippen molar-refractivity contribution in [1.82, 2.24) is 9.78 Å². The highest BCUT2D eigenvalue weighted by atomic mass is 32.2. The zero-order chi connectivity index (χ0) is 21.3. The Morgan fingerprint density at radius 3 is 2.28 bits per heavy atom. The maximum absolute atomic E-state index is 12.0. The summed E-state index contributed by atoms with van der Waals surface area (Å²) in [4.78, 5) is 10.4. The summed E-state index contributed by atoms with van der Waals surface area (Å²) >= 11 is 0. The monoisotopic (exact) mass is 429 g/mol. The molecule has 0 bridgehead atoms. The van der Waals surface area contributed by atoms with Gasteiger partial charge in [-0.2, -0.15) is 8.42 Å². The molecule has 0 aliphatic rings. The molecular formula is C17H23N3O8S. The smallest absolute Gasteiger partial charge is 0.350 e. The fourth-order valence-corrected chi connectivity index (χ4v) is 3.13. The summed E-state index contributed by atoms with van der Waals surface area (Å²) in [7, 11) is -2.49. The van der Waals surface area contributed by atoms with Crippen LogP contribution in [0.1, 0.15) is 5.56 Å². The highest BCUT2D eigenvalue weighted by Crippen LogP contribution is 2.23. The van der Waals surface area contributed by atoms with Crippen LogP contribution in [-0.4, -0.2) is 63.3 Å². The summed E-state index contributed by atoms with van der Waals surface area (Å²) in [5.41, 5.74) is 0.744. The van der Waals surface area contributed by atoms with Gasteiger partial charge in [0.05, 0.1) is 56.5 Å². The molecule has 0 fully saturated rings. The summed E-state index contributed by atoms with van der Waals surface area (Å²) in [6, 6.07) is 6.37. The fourth-order valence-electron chi connectivity index (χ4n) is 2.23. The normalized spacial score (nSPS) is 11.5. The maximum atomic E-state index is 12.0. The molecule has 2 aromatic rings. The van der Waals surface area contributed by atoms with E-state index in [0.717, 1.165) is 5.56 Å². The van der Waals surface area contributed by atoms with E-state index in [0.29, 0.717) is 6.54 Å². The van der Waals surface area contributed by atoms with Gasteiger partial charge in [-0.3, -0.25) is 19.0 Å². The minimum absolute atomic E-state index is 0.0566. The molecule has 160 valence electrons. The summed E-state index contributed by atoms with van der Waals surface area (Å²) in [5, 5.41) is 14.8. The summed E-state index contributed by atoms with van der Waals surface area (Å²) in [6.45, 7) is 2.94. The van der Waals surface area contributed by atoms with Crippen molar-refractivity contribution in [1.29, 1.82) is 0 Å². The largest absolute Gasteiger partial charge is 0.475 e. The van der Waals surface area contributed by atoms with Crippen molar-refractivity contribution in [3.63, 3.8) is 0 Å². The van der Waals surface area contributed by atoms with Gasteiger partial charge in [-0.1, -0.05) is 17.7 Å². The van der Waals surface area contributed by atoms with Gasteiger partial charge >= 0.3 is 11.6 Å². The van der Waals surface area contributed by atoms with Gasteiger partial charge < -0.3 is 14.2 Å². The van der Waals surface area contributed by atoms with Crippen molar-refractivity contribution in [3.05, 3.63) is 46.1 Å². The third kappa shape index (κ3) is 7.09. The Morgan fingerprint density at radius 1 is 1.07 bits per heavy atom. The number of methoxy groups -OCH3 is 1. The van der Waals surface area contributed by atoms with Crippen molar-refractivity contribution in [2.24, 2.45) is 0 Å². The second kappa shape index (κ2) is 10.9. The topological polar surface area (TPSA) is 132 Å². The molecule has 0 spiro atoms. The average Bonchev–Trinajstić information content (AvgIpc) is 3.10. The molecule has 29 heavy (non-hydrogen) atoms. The van der Waals surface area contributed by atoms with E-state index in [4.69, 9.17) is 18.4 Å². The Labute approximate surface area is 168 Å². The summed E-state index contributed by atoms with van der Waals surface area (Å²) in [5.74, 6) is -0.0566. The van der Waals surface area contributed by atoms with E-state index < -0.39 is 15.0 Å². The number of nitro groups is 1. The molecule has 12 heteroatoms. The Bertz CT molecular complexity index is 896. The van der Waals surface area contributed by atoms with Crippen LogP contribution in [0.2, 0.25) is 0 Å². The van der Waals surface area contributed by atoms with Gasteiger partial charge in [0.1, 0.15) is 6.20 Å². The third-order valence-electron chi connectivity index (χ3n) is 3.71. The van der Waals surface area contributed by atoms with Crippen LogP contribution in [0, 0.1) is 17.0 Å². The molecule has 0 amide bonds. The molecule has 1 aromatic heterocycles. The Kier molecular flexibility index (Phi) is 8.51. The lowest BCUT2D eigenvalue weighted by molar-refractivity contribution is -0.385. The van der Waals surface area contributed by atoms with Crippen LogP contribution in [-0.2, 0) is 30.3 Å². The number of rotatable bonds is 13. The standard InChI is InChI=1S/C17H23N3O8S/c1-14-3-5-15(6-4-14)29(23,24)28-12-11-27-10-9-26-8-7-19-13-16(20(21)22)17(18-19)25-2/h3-6,13H,7-12H2,1-2H3. The molecule has 0 aliphatic carbocycles. The van der Waals surface area contributed by atoms with Gasteiger partial charge in [0.15, 0.2) is 0 Å². The molecule has 0 N–H and O–H groups in total. The highest BCUT2D eigenvalue weighted by Gasteiger charge is 2.19. The van der Waals surface area contributed by atoms with Gasteiger partial charge in [0.2, 0.25) is 0 Å². The van der Waals surface area contributed by atoms with Gasteiger partial charge in [-0.15, -0.1) is 5.10 Å². The maximum Gasteiger partial charge on any atom is 0.350 e. The molecule has 0 atom stereocenters. The molecule has 0 aliphatic heterocycles. The molecular weight excluding hydrogens is 406 g/mol. The SMILES string of the molecule is COc1nn(CCOCCOCCOS(=O)(=O)c2ccc(C)cc2)cc1[N+](=O)[O-]. The minimum Gasteiger partial charge on any atom is -0.475 e. The average molecular weight is 429 g/mol. The number of ether oxygens (including phenoxy) is 3. The molecule has 11 nitrogen and oxygen atoms in total. The first kappa shape index (κ1) is 22.7. The second-order valence-electron chi connectivity index (χ2n) is 5.86. The van der Waals surface area contributed by atoms with E-state index >= 15 is 0 Å². The van der Waals surface area contributed by atoms with Gasteiger partial charge in [-0.25, -0.2) is 0 Å². The van der Waals surface area contributed by atoms with Crippen molar-refractivity contribution >= 4 is 15.8 Å². The van der Waals surface area contributed by atoms with Crippen molar-refractivity contribution in [2.45, 2.75) is 18.4 Å². The molecule has 0 radical (unpaired) electrons. The molecule has 0 unspecified atom stereocenters. The Hall–Kier alpha value is -2.54. The predicted octanol–water partition coefficient (Wildman–Crippen LogP) is 1.55. The molecule has 0 saturated carbocycles. The third-order valence-corrected chi connectivity index (χ3v) is 5.04. The quantitative estimate of drug-likeness (QED) is 0.201. The predicted molar refractivity (Wildman–Crippen MR) is 101 cm³/mol. The van der Waals surface area contributed by atoms with Crippen LogP contribution in [0.3, 0.4) is 0 Å². The zero-order valence-electron chi connectivity index (χ0n) is 16.1. The van der Waals surface area contributed by atoms with E-state index in [9.17, 15) is 18.5 Å². The molecule has 2 rings (SSSR count). The Morgan fingerprint density at radius 2 is 1.69 bits per heavy atom. The van der Waals surface area contributed by atoms with E-state index in [-0.39, 0.29) is 49.5 Å². The van der Waals surface area contributed by atoms with E-state index in [1.807, 2.05) is 6.92 Å². The highest BCUT2D eigenvalue weighted by molar-refractivity contribution is 7.86. The Balaban J connectivity index is 1.57. The lowest BCUT2D eigenvalue weighted by Gasteiger charge is -2.07. The van der Waals surface area contributed by atoms with Gasteiger partial charge in [0, 0.05) is 0 Å². The zero-order valence-corrected chi connectivity index (χ0v) is 17.0. The molecule has 0 saturated heterocycles. The van der Waals surface area contributed by atoms with Gasteiger partial charge in [0.25, 0.3) is 10.1 Å². The van der Waals surface area contributed by atoms with Crippen LogP contribution in [0.25, 0.3) is 0 Å². The number of aryl methyl sites for hydroxylation is 1. The summed E-state index contributed by atoms with van der Waals surface area (Å²) < 4.78 is 45.7. The second-order valence-corrected chi connectivity index (χ2v) is 7.47. The van der Waals surface area contributed by atoms with Crippen molar-refractivity contribution in [3.8, 4) is 5.88 Å². The number of benzene rings is 1. The lowest BCUT2D eigenvalue weighted by Crippen LogP contribution is -2.14. The van der Waals surface area contributed by atoms with Crippen LogP contribution in [0.15, 0.2) is 35.4 Å². The number of hydrogen-bond acceptors (Lipinski definition) is 9. The minimum atomic E-state index is -3.80. The van der Waals surface area contributed by atoms with Crippen LogP contribution in [0.5, 0.6) is 5.88 Å². The van der Waals surface area contributed by atoms with Crippen LogP contribution < -0.4 is 4.74 Å². The van der Waals surface area contributed by atoms with E-state index in [1.54, 1.807) is 12.1 Å².